The number of carbonyl (C=O) groups is 1. The Morgan fingerprint density at radius 1 is 1.48 bits per heavy atom. The summed E-state index contributed by atoms with van der Waals surface area (Å²) in [5, 5.41) is 2.69. The highest BCUT2D eigenvalue weighted by molar-refractivity contribution is 9.10. The van der Waals surface area contributed by atoms with Crippen molar-refractivity contribution in [2.24, 2.45) is 0 Å². The van der Waals surface area contributed by atoms with E-state index in [1.54, 1.807) is 31.2 Å². The molecule has 118 valence electrons. The number of methoxy groups -OCH3 is 1. The van der Waals surface area contributed by atoms with Crippen molar-refractivity contribution < 1.29 is 17.9 Å². The fraction of sp³-hybridized carbons (Fsp3) is 0.462. The van der Waals surface area contributed by atoms with Crippen molar-refractivity contribution in [3.05, 3.63) is 28.7 Å². The molecule has 0 aliphatic heterocycles. The Morgan fingerprint density at radius 2 is 2.14 bits per heavy atom. The molecule has 1 aromatic carbocycles. The molecule has 6 nitrogen and oxygen atoms in total. The second kappa shape index (κ2) is 7.77. The second-order valence-corrected chi connectivity index (χ2v) is 7.50. The number of amides is 1. The van der Waals surface area contributed by atoms with E-state index in [1.165, 1.54) is 7.11 Å². The SMILES string of the molecule is COC[C@H](C)NC(=O)CN(c1cccc(Br)c1)S(C)(=O)=O. The van der Waals surface area contributed by atoms with Crippen LogP contribution in [0, 0.1) is 0 Å². The van der Waals surface area contributed by atoms with E-state index in [0.29, 0.717) is 12.3 Å². The maximum Gasteiger partial charge on any atom is 0.241 e. The minimum atomic E-state index is -3.56. The molecule has 0 aliphatic rings. The Kier molecular flexibility index (Phi) is 6.63. The molecule has 0 bridgehead atoms. The molecule has 0 fully saturated rings. The number of nitrogens with one attached hydrogen (secondary N) is 1. The summed E-state index contributed by atoms with van der Waals surface area (Å²) in [6, 6.07) is 6.59. The van der Waals surface area contributed by atoms with Gasteiger partial charge in [-0.15, -0.1) is 0 Å². The molecule has 0 saturated carbocycles. The third kappa shape index (κ3) is 6.03. The van der Waals surface area contributed by atoms with Crippen molar-refractivity contribution >= 4 is 37.5 Å². The smallest absolute Gasteiger partial charge is 0.241 e. The molecule has 0 unspecified atom stereocenters. The number of ether oxygens (including phenoxy) is 1. The molecular formula is C13H19BrN2O4S. The van der Waals surface area contributed by atoms with Crippen LogP contribution in [0.5, 0.6) is 0 Å². The standard InChI is InChI=1S/C13H19BrN2O4S/c1-10(9-20-2)15-13(17)8-16(21(3,18)19)12-6-4-5-11(14)7-12/h4-7,10H,8-9H2,1-3H3,(H,15,17)/t10-/m0/s1. The second-order valence-electron chi connectivity index (χ2n) is 4.67. The van der Waals surface area contributed by atoms with E-state index in [2.05, 4.69) is 21.2 Å². The van der Waals surface area contributed by atoms with Gasteiger partial charge in [0.15, 0.2) is 0 Å². The number of halogens is 1. The minimum absolute atomic E-state index is 0.189. The maximum atomic E-state index is 12.0. The Hall–Kier alpha value is -1.12. The lowest BCUT2D eigenvalue weighted by molar-refractivity contribution is -0.120. The van der Waals surface area contributed by atoms with E-state index in [4.69, 9.17) is 4.74 Å². The van der Waals surface area contributed by atoms with E-state index in [1.807, 2.05) is 0 Å². The van der Waals surface area contributed by atoms with Crippen molar-refractivity contribution in [2.75, 3.05) is 30.8 Å². The molecule has 1 aromatic rings. The summed E-state index contributed by atoms with van der Waals surface area (Å²) >= 11 is 3.29. The molecule has 0 aromatic heterocycles. The lowest BCUT2D eigenvalue weighted by Gasteiger charge is -2.23. The molecule has 0 aliphatic carbocycles. The van der Waals surface area contributed by atoms with E-state index < -0.39 is 10.0 Å². The van der Waals surface area contributed by atoms with Gasteiger partial charge in [-0.25, -0.2) is 8.42 Å². The van der Waals surface area contributed by atoms with E-state index in [-0.39, 0.29) is 18.5 Å². The van der Waals surface area contributed by atoms with Crippen LogP contribution in [-0.2, 0) is 19.6 Å². The summed E-state index contributed by atoms with van der Waals surface area (Å²) in [6.45, 7) is 1.87. The van der Waals surface area contributed by atoms with Crippen LogP contribution >= 0.6 is 15.9 Å². The first-order valence-corrected chi connectivity index (χ1v) is 8.89. The summed E-state index contributed by atoms with van der Waals surface area (Å²) in [5.74, 6) is -0.384. The Balaban J connectivity index is 2.89. The van der Waals surface area contributed by atoms with Crippen LogP contribution in [-0.4, -0.2) is 46.9 Å². The van der Waals surface area contributed by atoms with Crippen molar-refractivity contribution in [2.45, 2.75) is 13.0 Å². The van der Waals surface area contributed by atoms with Crippen molar-refractivity contribution in [1.29, 1.82) is 0 Å². The molecule has 0 saturated heterocycles. The zero-order valence-corrected chi connectivity index (χ0v) is 14.6. The van der Waals surface area contributed by atoms with Gasteiger partial charge in [-0.05, 0) is 25.1 Å². The van der Waals surface area contributed by atoms with E-state index >= 15 is 0 Å². The third-order valence-electron chi connectivity index (χ3n) is 2.61. The molecule has 1 atom stereocenters. The van der Waals surface area contributed by atoms with Crippen LogP contribution in [0.4, 0.5) is 5.69 Å². The molecule has 21 heavy (non-hydrogen) atoms. The maximum absolute atomic E-state index is 12.0. The number of hydrogen-bond donors (Lipinski definition) is 1. The highest BCUT2D eigenvalue weighted by Crippen LogP contribution is 2.21. The fourth-order valence-corrected chi connectivity index (χ4v) is 3.01. The Bertz CT molecular complexity index is 592. The van der Waals surface area contributed by atoms with Gasteiger partial charge >= 0.3 is 0 Å². The van der Waals surface area contributed by atoms with Crippen LogP contribution in [0.25, 0.3) is 0 Å². The zero-order chi connectivity index (χ0) is 16.0. The first kappa shape index (κ1) is 17.9. The average Bonchev–Trinajstić information content (AvgIpc) is 2.34. The summed E-state index contributed by atoms with van der Waals surface area (Å²) in [4.78, 5) is 12.0. The lowest BCUT2D eigenvalue weighted by Crippen LogP contribution is -2.44. The molecule has 8 heteroatoms. The van der Waals surface area contributed by atoms with Gasteiger partial charge in [-0.3, -0.25) is 9.10 Å². The summed E-state index contributed by atoms with van der Waals surface area (Å²) in [6.07, 6.45) is 1.07. The third-order valence-corrected chi connectivity index (χ3v) is 4.24. The number of rotatable bonds is 7. The molecule has 1 N–H and O–H groups in total. The molecule has 0 spiro atoms. The van der Waals surface area contributed by atoms with E-state index in [9.17, 15) is 13.2 Å². The first-order chi connectivity index (χ1) is 9.74. The number of carbonyl (C=O) groups excluding carboxylic acids is 1. The predicted molar refractivity (Wildman–Crippen MR) is 85.8 cm³/mol. The van der Waals surface area contributed by atoms with Crippen LogP contribution in [0.1, 0.15) is 6.92 Å². The lowest BCUT2D eigenvalue weighted by atomic mass is 10.3. The van der Waals surface area contributed by atoms with Gasteiger partial charge in [0.25, 0.3) is 0 Å². The topological polar surface area (TPSA) is 75.7 Å². The first-order valence-electron chi connectivity index (χ1n) is 6.25. The number of sulfonamides is 1. The quantitative estimate of drug-likeness (QED) is 0.777. The molecule has 1 rings (SSSR count). The molecule has 0 radical (unpaired) electrons. The van der Waals surface area contributed by atoms with Gasteiger partial charge in [0.2, 0.25) is 15.9 Å². The Morgan fingerprint density at radius 3 is 2.67 bits per heavy atom. The normalized spacial score (nSPS) is 12.8. The number of anilines is 1. The van der Waals surface area contributed by atoms with Gasteiger partial charge < -0.3 is 10.1 Å². The van der Waals surface area contributed by atoms with Crippen molar-refractivity contribution in [3.8, 4) is 0 Å². The fourth-order valence-electron chi connectivity index (χ4n) is 1.77. The van der Waals surface area contributed by atoms with Gasteiger partial charge in [-0.1, -0.05) is 22.0 Å². The van der Waals surface area contributed by atoms with Crippen LogP contribution in [0.2, 0.25) is 0 Å². The van der Waals surface area contributed by atoms with Gasteiger partial charge in [0.1, 0.15) is 6.54 Å². The van der Waals surface area contributed by atoms with Crippen molar-refractivity contribution in [3.63, 3.8) is 0 Å². The van der Waals surface area contributed by atoms with Crippen LogP contribution in [0.3, 0.4) is 0 Å². The summed E-state index contributed by atoms with van der Waals surface area (Å²) in [5.41, 5.74) is 0.432. The predicted octanol–water partition coefficient (Wildman–Crippen LogP) is 1.37. The van der Waals surface area contributed by atoms with E-state index in [0.717, 1.165) is 15.0 Å². The summed E-state index contributed by atoms with van der Waals surface area (Å²) in [7, 11) is -2.02. The van der Waals surface area contributed by atoms with Crippen LogP contribution in [0.15, 0.2) is 28.7 Å². The molecule has 0 heterocycles. The zero-order valence-electron chi connectivity index (χ0n) is 12.2. The van der Waals surface area contributed by atoms with Gasteiger partial charge in [0, 0.05) is 17.6 Å². The van der Waals surface area contributed by atoms with Crippen LogP contribution < -0.4 is 9.62 Å². The van der Waals surface area contributed by atoms with Gasteiger partial charge in [-0.2, -0.15) is 0 Å². The molecular weight excluding hydrogens is 360 g/mol. The monoisotopic (exact) mass is 378 g/mol. The summed E-state index contributed by atoms with van der Waals surface area (Å²) < 4.78 is 30.5. The highest BCUT2D eigenvalue weighted by Gasteiger charge is 2.21. The largest absolute Gasteiger partial charge is 0.383 e. The number of hydrogen-bond acceptors (Lipinski definition) is 4. The highest BCUT2D eigenvalue weighted by atomic mass is 79.9. The minimum Gasteiger partial charge on any atom is -0.383 e. The van der Waals surface area contributed by atoms with Gasteiger partial charge in [0.05, 0.1) is 18.6 Å². The number of benzene rings is 1. The number of nitrogens with zero attached hydrogens (tertiary/aromatic N) is 1. The average molecular weight is 379 g/mol. The Labute approximate surface area is 133 Å². The van der Waals surface area contributed by atoms with Crippen molar-refractivity contribution in [1.82, 2.24) is 5.32 Å². The molecule has 1 amide bonds.